The van der Waals surface area contributed by atoms with Crippen LogP contribution in [0, 0.1) is 0 Å². The average Bonchev–Trinajstić information content (AvgIpc) is 3.21. The van der Waals surface area contributed by atoms with Crippen LogP contribution in [0.15, 0.2) is 18.2 Å². The maximum absolute atomic E-state index is 12.3. The maximum Gasteiger partial charge on any atom is 0.225 e. The van der Waals surface area contributed by atoms with Crippen molar-refractivity contribution in [3.05, 3.63) is 29.0 Å². The van der Waals surface area contributed by atoms with E-state index in [-0.39, 0.29) is 11.9 Å². The molecule has 1 saturated heterocycles. The molecule has 1 fully saturated rings. The minimum absolute atomic E-state index is 0.0257. The number of carbonyl (C=O) groups excluding carboxylic acids is 1. The van der Waals surface area contributed by atoms with Gasteiger partial charge in [-0.1, -0.05) is 18.0 Å². The number of hydrogen-bond donors (Lipinski definition) is 2. The minimum atomic E-state index is 0.0257. The topological polar surface area (TPSA) is 71.8 Å². The van der Waals surface area contributed by atoms with Crippen molar-refractivity contribution >= 4 is 23.2 Å². The summed E-state index contributed by atoms with van der Waals surface area (Å²) in [5, 5.41) is 15.7. The van der Waals surface area contributed by atoms with Crippen molar-refractivity contribution in [3.8, 4) is 11.4 Å². The summed E-state index contributed by atoms with van der Waals surface area (Å²) in [6, 6.07) is 5.85. The Morgan fingerprint density at radius 1 is 1.27 bits per heavy atom. The second-order valence-electron chi connectivity index (χ2n) is 7.14. The lowest BCUT2D eigenvalue weighted by molar-refractivity contribution is -0.116. The number of aryl methyl sites for hydroxylation is 1. The van der Waals surface area contributed by atoms with E-state index in [2.05, 4.69) is 25.4 Å². The van der Waals surface area contributed by atoms with Gasteiger partial charge in [-0.3, -0.25) is 4.79 Å². The number of aromatic nitrogens is 3. The Balaban J connectivity index is 1.55. The van der Waals surface area contributed by atoms with Crippen molar-refractivity contribution in [2.24, 2.45) is 0 Å². The Morgan fingerprint density at radius 3 is 3.04 bits per heavy atom. The van der Waals surface area contributed by atoms with Crippen LogP contribution in [0.3, 0.4) is 0 Å². The highest BCUT2D eigenvalue weighted by Crippen LogP contribution is 2.31. The molecule has 0 saturated carbocycles. The monoisotopic (exact) mass is 373 g/mol. The van der Waals surface area contributed by atoms with E-state index < -0.39 is 0 Å². The number of carbonyl (C=O) groups is 1. The van der Waals surface area contributed by atoms with Crippen molar-refractivity contribution in [3.63, 3.8) is 0 Å². The summed E-state index contributed by atoms with van der Waals surface area (Å²) in [6.07, 6.45) is 7.14. The number of anilines is 1. The molecule has 1 aromatic carbocycles. The lowest BCUT2D eigenvalue weighted by Crippen LogP contribution is -2.27. The Labute approximate surface area is 158 Å². The third-order valence-electron chi connectivity index (χ3n) is 5.19. The highest BCUT2D eigenvalue weighted by Gasteiger charge is 2.20. The minimum Gasteiger partial charge on any atom is -0.326 e. The fourth-order valence-corrected chi connectivity index (χ4v) is 4.03. The van der Waals surface area contributed by atoms with Gasteiger partial charge in [0, 0.05) is 36.7 Å². The number of hydrogen-bond acceptors (Lipinski definition) is 4. The van der Waals surface area contributed by atoms with E-state index in [1.807, 2.05) is 18.2 Å². The molecular weight excluding hydrogens is 350 g/mol. The van der Waals surface area contributed by atoms with Crippen LogP contribution >= 0.6 is 11.6 Å². The van der Waals surface area contributed by atoms with Crippen molar-refractivity contribution in [1.82, 2.24) is 20.1 Å². The Kier molecular flexibility index (Phi) is 5.22. The summed E-state index contributed by atoms with van der Waals surface area (Å²) in [7, 11) is 0. The molecule has 1 atom stereocenters. The van der Waals surface area contributed by atoms with Gasteiger partial charge in [0.25, 0.3) is 0 Å². The standard InChI is InChI=1S/C19H24ClN5O/c20-16-8-7-14(22-18(26)12-13-5-4-9-21-13)11-15(16)19-24-23-17-6-2-1-3-10-25(17)19/h7-8,11,13,21H,1-6,9-10,12H2,(H,22,26). The molecule has 4 rings (SSSR count). The van der Waals surface area contributed by atoms with Crippen molar-refractivity contribution in [2.45, 2.75) is 57.5 Å². The van der Waals surface area contributed by atoms with Crippen molar-refractivity contribution in [1.29, 1.82) is 0 Å². The molecular formula is C19H24ClN5O. The van der Waals surface area contributed by atoms with Gasteiger partial charge in [0.1, 0.15) is 5.82 Å². The van der Waals surface area contributed by atoms with Gasteiger partial charge in [-0.05, 0) is 50.4 Å². The number of nitrogens with zero attached hydrogens (tertiary/aromatic N) is 3. The van der Waals surface area contributed by atoms with Crippen LogP contribution in [0.4, 0.5) is 5.69 Å². The largest absolute Gasteiger partial charge is 0.326 e. The zero-order valence-corrected chi connectivity index (χ0v) is 15.6. The van der Waals surface area contributed by atoms with Crippen LogP contribution < -0.4 is 10.6 Å². The van der Waals surface area contributed by atoms with E-state index >= 15 is 0 Å². The molecule has 0 bridgehead atoms. The number of rotatable bonds is 4. The Bertz CT molecular complexity index is 797. The van der Waals surface area contributed by atoms with Gasteiger partial charge in [0.2, 0.25) is 5.91 Å². The molecule has 2 N–H and O–H groups in total. The summed E-state index contributed by atoms with van der Waals surface area (Å²) in [5.74, 6) is 1.84. The predicted molar refractivity (Wildman–Crippen MR) is 102 cm³/mol. The summed E-state index contributed by atoms with van der Waals surface area (Å²) in [6.45, 7) is 1.92. The highest BCUT2D eigenvalue weighted by atomic mass is 35.5. The summed E-state index contributed by atoms with van der Waals surface area (Å²) < 4.78 is 2.17. The fraction of sp³-hybridized carbons (Fsp3) is 0.526. The van der Waals surface area contributed by atoms with Crippen LogP contribution in [0.2, 0.25) is 5.02 Å². The van der Waals surface area contributed by atoms with E-state index in [1.54, 1.807) is 0 Å². The lowest BCUT2D eigenvalue weighted by Gasteiger charge is -2.13. The quantitative estimate of drug-likeness (QED) is 0.861. The fourth-order valence-electron chi connectivity index (χ4n) is 3.83. The lowest BCUT2D eigenvalue weighted by atomic mass is 10.1. The molecule has 2 aromatic rings. The van der Waals surface area contributed by atoms with Gasteiger partial charge >= 0.3 is 0 Å². The average molecular weight is 374 g/mol. The first-order valence-electron chi connectivity index (χ1n) is 9.46. The second-order valence-corrected chi connectivity index (χ2v) is 7.55. The first-order chi connectivity index (χ1) is 12.7. The van der Waals surface area contributed by atoms with Crippen LogP contribution in [-0.2, 0) is 17.8 Å². The molecule has 2 aliphatic rings. The van der Waals surface area contributed by atoms with Gasteiger partial charge in [-0.15, -0.1) is 10.2 Å². The summed E-state index contributed by atoms with van der Waals surface area (Å²) >= 11 is 6.44. The molecule has 0 radical (unpaired) electrons. The van der Waals surface area contributed by atoms with Crippen LogP contribution in [0.25, 0.3) is 11.4 Å². The predicted octanol–water partition coefficient (Wildman–Crippen LogP) is 3.41. The smallest absolute Gasteiger partial charge is 0.225 e. The van der Waals surface area contributed by atoms with Crippen LogP contribution in [0.5, 0.6) is 0 Å². The third kappa shape index (κ3) is 3.76. The molecule has 7 heteroatoms. The zero-order valence-electron chi connectivity index (χ0n) is 14.8. The summed E-state index contributed by atoms with van der Waals surface area (Å²) in [4.78, 5) is 12.3. The molecule has 6 nitrogen and oxygen atoms in total. The zero-order chi connectivity index (χ0) is 17.9. The Morgan fingerprint density at radius 2 is 2.19 bits per heavy atom. The molecule has 3 heterocycles. The number of nitrogens with one attached hydrogen (secondary N) is 2. The maximum atomic E-state index is 12.3. The van der Waals surface area contributed by atoms with E-state index in [9.17, 15) is 4.79 Å². The molecule has 138 valence electrons. The van der Waals surface area contributed by atoms with E-state index in [1.165, 1.54) is 6.42 Å². The van der Waals surface area contributed by atoms with Gasteiger partial charge in [-0.2, -0.15) is 0 Å². The number of halogens is 1. The molecule has 1 unspecified atom stereocenters. The normalized spacial score (nSPS) is 19.8. The van der Waals surface area contributed by atoms with Crippen LogP contribution in [0.1, 0.15) is 44.3 Å². The van der Waals surface area contributed by atoms with Gasteiger partial charge < -0.3 is 15.2 Å². The first-order valence-corrected chi connectivity index (χ1v) is 9.84. The third-order valence-corrected chi connectivity index (χ3v) is 5.52. The van der Waals surface area contributed by atoms with E-state index in [4.69, 9.17) is 11.6 Å². The van der Waals surface area contributed by atoms with Gasteiger partial charge in [-0.25, -0.2) is 0 Å². The molecule has 26 heavy (non-hydrogen) atoms. The Hall–Kier alpha value is -1.92. The van der Waals surface area contributed by atoms with Gasteiger partial charge in [0.15, 0.2) is 5.82 Å². The van der Waals surface area contributed by atoms with Gasteiger partial charge in [0.05, 0.1) is 5.02 Å². The molecule has 1 aromatic heterocycles. The summed E-state index contributed by atoms with van der Waals surface area (Å²) in [5.41, 5.74) is 1.57. The van der Waals surface area contributed by atoms with Crippen LogP contribution in [-0.4, -0.2) is 33.3 Å². The van der Waals surface area contributed by atoms with Crippen molar-refractivity contribution < 1.29 is 4.79 Å². The highest BCUT2D eigenvalue weighted by molar-refractivity contribution is 6.33. The second kappa shape index (κ2) is 7.76. The SMILES string of the molecule is O=C(CC1CCCN1)Nc1ccc(Cl)c(-c2nnc3n2CCCCC3)c1. The number of benzene rings is 1. The molecule has 2 aliphatic heterocycles. The first kappa shape index (κ1) is 17.5. The van der Waals surface area contributed by atoms with E-state index in [0.29, 0.717) is 11.4 Å². The number of amides is 1. The molecule has 0 aliphatic carbocycles. The van der Waals surface area contributed by atoms with E-state index in [0.717, 1.165) is 68.1 Å². The van der Waals surface area contributed by atoms with Crippen molar-refractivity contribution in [2.75, 3.05) is 11.9 Å². The number of fused-ring (bicyclic) bond motifs is 1. The molecule has 0 spiro atoms. The molecule has 1 amide bonds.